The van der Waals surface area contributed by atoms with E-state index in [2.05, 4.69) is 69.7 Å². The summed E-state index contributed by atoms with van der Waals surface area (Å²) in [7, 11) is 4.05. The van der Waals surface area contributed by atoms with E-state index in [1.54, 1.807) is 7.11 Å². The van der Waals surface area contributed by atoms with E-state index in [1.165, 1.54) is 87.2 Å². The number of aryl methyl sites for hydroxylation is 1. The van der Waals surface area contributed by atoms with Gasteiger partial charge in [-0.1, -0.05) is 50.8 Å². The third-order valence-electron chi connectivity index (χ3n) is 13.1. The van der Waals surface area contributed by atoms with Crippen molar-refractivity contribution in [3.8, 4) is 11.8 Å². The number of likely N-dealkylation sites (N-methyl/N-ethyl adjacent to an activating group) is 1. The van der Waals surface area contributed by atoms with Gasteiger partial charge < -0.3 is 19.3 Å². The molecule has 7 atom stereocenters. The standard InChI is InChI=1S/C40H60N6O3S/c1-4-36(47)45-25-24-44(27-31(45)19-22-41)38-33-18-21-40(20-17-29-12-10-16-35(48-3)37(29)50-40)26-34(33)42-39(49-28-32-15-11-23-43(32)2)46(38)30-13-8-6-5-7-9-14-30/h4,10,12,16,30-34,38-39,42H,1,5-9,11,13-15,17-21,23-28H2,2-3H3/t31?,32?,33?,34?,38?,39?,40-/m0/s1. The van der Waals surface area contributed by atoms with Crippen molar-refractivity contribution in [3.05, 3.63) is 36.4 Å². The van der Waals surface area contributed by atoms with Crippen molar-refractivity contribution in [3.63, 3.8) is 0 Å². The lowest BCUT2D eigenvalue weighted by Gasteiger charge is -2.61. The minimum absolute atomic E-state index is 0.0588. The van der Waals surface area contributed by atoms with Gasteiger partial charge >= 0.3 is 0 Å². The SMILES string of the molecule is C=CC(=O)N1CCN(C2C3CC[C@@]4(CCc5cccc(OC)c5S4)CC3NC(OCC3CCCN3C)N2C2CCCCCCC2)CC1CC#N. The average molecular weight is 705 g/mol. The van der Waals surface area contributed by atoms with Gasteiger partial charge in [-0.2, -0.15) is 5.26 Å². The lowest BCUT2D eigenvalue weighted by Crippen LogP contribution is -2.75. The zero-order chi connectivity index (χ0) is 34.7. The van der Waals surface area contributed by atoms with Crippen molar-refractivity contribution < 1.29 is 14.3 Å². The molecule has 5 fully saturated rings. The number of piperazine rings is 1. The van der Waals surface area contributed by atoms with E-state index < -0.39 is 0 Å². The average Bonchev–Trinajstić information content (AvgIpc) is 3.53. The lowest BCUT2D eigenvalue weighted by molar-refractivity contribution is -0.215. The Kier molecular flexibility index (Phi) is 11.8. The first kappa shape index (κ1) is 36.2. The van der Waals surface area contributed by atoms with Gasteiger partial charge in [-0.3, -0.25) is 15.0 Å². The zero-order valence-corrected chi connectivity index (χ0v) is 31.4. The van der Waals surface area contributed by atoms with Crippen LogP contribution in [0.5, 0.6) is 5.75 Å². The molecule has 1 spiro atoms. The number of amides is 1. The summed E-state index contributed by atoms with van der Waals surface area (Å²) in [6, 6.07) is 10.0. The Hall–Kier alpha value is -2.13. The van der Waals surface area contributed by atoms with Gasteiger partial charge in [0.1, 0.15) is 5.75 Å². The summed E-state index contributed by atoms with van der Waals surface area (Å²) in [4.78, 5) is 24.1. The number of likely N-dealkylation sites (tertiary alicyclic amines) is 1. The number of ether oxygens (including phenoxy) is 2. The fourth-order valence-electron chi connectivity index (χ4n) is 10.4. The molecule has 7 rings (SSSR count). The van der Waals surface area contributed by atoms with Crippen molar-refractivity contribution in [2.45, 2.75) is 143 Å². The third kappa shape index (κ3) is 7.51. The molecular formula is C40H60N6O3S. The first-order chi connectivity index (χ1) is 24.4. The molecule has 1 amide bonds. The van der Waals surface area contributed by atoms with Crippen molar-refractivity contribution >= 4 is 17.7 Å². The topological polar surface area (TPSA) is 84.3 Å². The van der Waals surface area contributed by atoms with E-state index in [0.717, 1.165) is 44.7 Å². The predicted molar refractivity (Wildman–Crippen MR) is 199 cm³/mol. The molecule has 6 aliphatic rings. The number of rotatable bonds is 8. The molecule has 4 aliphatic heterocycles. The molecular weight excluding hydrogens is 645 g/mol. The molecule has 0 bridgehead atoms. The van der Waals surface area contributed by atoms with Gasteiger partial charge in [-0.15, -0.1) is 11.8 Å². The van der Waals surface area contributed by atoms with Gasteiger partial charge in [-0.05, 0) is 89.1 Å². The van der Waals surface area contributed by atoms with Gasteiger partial charge in [0.25, 0.3) is 0 Å². The summed E-state index contributed by atoms with van der Waals surface area (Å²) in [6.45, 7) is 7.82. The Bertz CT molecular complexity index is 1370. The normalized spacial score (nSPS) is 34.7. The second kappa shape index (κ2) is 16.3. The summed E-state index contributed by atoms with van der Waals surface area (Å²) in [6.07, 6.45) is 18.8. The molecule has 6 unspecified atom stereocenters. The van der Waals surface area contributed by atoms with Crippen LogP contribution in [0.2, 0.25) is 0 Å². The Balaban J connectivity index is 1.22. The molecule has 274 valence electrons. The largest absolute Gasteiger partial charge is 0.496 e. The van der Waals surface area contributed by atoms with Crippen LogP contribution in [0.4, 0.5) is 0 Å². The van der Waals surface area contributed by atoms with E-state index in [0.29, 0.717) is 43.6 Å². The predicted octanol–water partition coefficient (Wildman–Crippen LogP) is 5.99. The van der Waals surface area contributed by atoms with Gasteiger partial charge in [0.05, 0.1) is 43.3 Å². The van der Waals surface area contributed by atoms with E-state index in [1.807, 2.05) is 4.90 Å². The van der Waals surface area contributed by atoms with Crippen LogP contribution in [0.25, 0.3) is 0 Å². The van der Waals surface area contributed by atoms with Crippen LogP contribution in [0.3, 0.4) is 0 Å². The smallest absolute Gasteiger partial charge is 0.246 e. The molecule has 0 radical (unpaired) electrons. The second-order valence-corrected chi connectivity index (χ2v) is 17.5. The maximum atomic E-state index is 13.0. The number of nitriles is 1. The Labute approximate surface area is 305 Å². The highest BCUT2D eigenvalue weighted by atomic mass is 32.2. The van der Waals surface area contributed by atoms with Crippen LogP contribution in [-0.2, 0) is 16.0 Å². The van der Waals surface area contributed by atoms with Crippen LogP contribution < -0.4 is 10.1 Å². The number of methoxy groups -OCH3 is 1. The van der Waals surface area contributed by atoms with E-state index >= 15 is 0 Å². The van der Waals surface area contributed by atoms with Gasteiger partial charge in [-0.25, -0.2) is 4.90 Å². The molecule has 2 aliphatic carbocycles. The lowest BCUT2D eigenvalue weighted by atomic mass is 9.72. The second-order valence-electron chi connectivity index (χ2n) is 16.0. The number of hydrogen-bond donors (Lipinski definition) is 1. The summed E-state index contributed by atoms with van der Waals surface area (Å²) >= 11 is 2.08. The number of hydrogen-bond acceptors (Lipinski definition) is 9. The van der Waals surface area contributed by atoms with Crippen LogP contribution >= 0.6 is 11.8 Å². The van der Waals surface area contributed by atoms with E-state index in [9.17, 15) is 10.1 Å². The number of benzene rings is 1. The first-order valence-corrected chi connectivity index (χ1v) is 20.5. The van der Waals surface area contributed by atoms with Crippen molar-refractivity contribution in [1.82, 2.24) is 24.9 Å². The number of fused-ring (bicyclic) bond motifs is 2. The maximum absolute atomic E-state index is 13.0. The highest BCUT2D eigenvalue weighted by Gasteiger charge is 2.54. The number of nitrogens with one attached hydrogen (secondary N) is 1. The Morgan fingerprint density at radius 3 is 2.64 bits per heavy atom. The van der Waals surface area contributed by atoms with E-state index in [4.69, 9.17) is 9.47 Å². The molecule has 50 heavy (non-hydrogen) atoms. The van der Waals surface area contributed by atoms with Crippen molar-refractivity contribution in [2.24, 2.45) is 5.92 Å². The molecule has 10 heteroatoms. The van der Waals surface area contributed by atoms with Crippen molar-refractivity contribution in [2.75, 3.05) is 46.9 Å². The maximum Gasteiger partial charge on any atom is 0.246 e. The molecule has 4 heterocycles. The third-order valence-corrected chi connectivity index (χ3v) is 14.8. The van der Waals surface area contributed by atoms with E-state index in [-0.39, 0.29) is 29.2 Å². The molecule has 2 saturated carbocycles. The quantitative estimate of drug-likeness (QED) is 0.328. The highest BCUT2D eigenvalue weighted by molar-refractivity contribution is 8.00. The number of thioether (sulfide) groups is 1. The van der Waals surface area contributed by atoms with Crippen LogP contribution in [0.1, 0.15) is 95.5 Å². The molecule has 1 N–H and O–H groups in total. The minimum atomic E-state index is -0.160. The number of carbonyl (C=O) groups excluding carboxylic acids is 1. The van der Waals surface area contributed by atoms with Gasteiger partial charge in [0.15, 0.2) is 6.35 Å². The highest BCUT2D eigenvalue weighted by Crippen LogP contribution is 2.56. The molecule has 0 aromatic heterocycles. The summed E-state index contributed by atoms with van der Waals surface area (Å²) in [5.74, 6) is 1.39. The first-order valence-electron chi connectivity index (χ1n) is 19.7. The Morgan fingerprint density at radius 1 is 1.08 bits per heavy atom. The van der Waals surface area contributed by atoms with Crippen molar-refractivity contribution in [1.29, 1.82) is 5.26 Å². The molecule has 9 nitrogen and oxygen atoms in total. The van der Waals surface area contributed by atoms with Gasteiger partial charge in [0.2, 0.25) is 5.91 Å². The Morgan fingerprint density at radius 2 is 1.90 bits per heavy atom. The molecule has 1 aromatic rings. The number of nitrogens with zero attached hydrogens (tertiary/aromatic N) is 5. The monoisotopic (exact) mass is 704 g/mol. The fraction of sp³-hybridized carbons (Fsp3) is 0.750. The fourth-order valence-corrected chi connectivity index (χ4v) is 12.0. The molecule has 3 saturated heterocycles. The van der Waals surface area contributed by atoms with Crippen LogP contribution in [0.15, 0.2) is 35.7 Å². The molecule has 1 aromatic carbocycles. The summed E-state index contributed by atoms with van der Waals surface area (Å²) in [5.41, 5.74) is 1.42. The number of carbonyl (C=O) groups is 1. The summed E-state index contributed by atoms with van der Waals surface area (Å²) in [5, 5.41) is 14.1. The van der Waals surface area contributed by atoms with Crippen LogP contribution in [0, 0.1) is 17.2 Å². The van der Waals surface area contributed by atoms with Gasteiger partial charge in [0, 0.05) is 48.4 Å². The minimum Gasteiger partial charge on any atom is -0.496 e. The van der Waals surface area contributed by atoms with Crippen LogP contribution in [-0.4, -0.2) is 114 Å². The zero-order valence-electron chi connectivity index (χ0n) is 30.6. The summed E-state index contributed by atoms with van der Waals surface area (Å²) < 4.78 is 13.2.